The Morgan fingerprint density at radius 3 is 3.06 bits per heavy atom. The zero-order valence-corrected chi connectivity index (χ0v) is 9.88. The fraction of sp³-hybridized carbons (Fsp3) is 0.385. The second-order valence-corrected chi connectivity index (χ2v) is 4.28. The van der Waals surface area contributed by atoms with Crippen LogP contribution in [0.25, 0.3) is 6.08 Å². The molecule has 0 spiro atoms. The van der Waals surface area contributed by atoms with E-state index >= 15 is 0 Å². The average molecular weight is 233 g/mol. The van der Waals surface area contributed by atoms with Crippen LogP contribution in [0.15, 0.2) is 18.3 Å². The van der Waals surface area contributed by atoms with Crippen molar-refractivity contribution in [2.75, 3.05) is 7.11 Å². The van der Waals surface area contributed by atoms with E-state index in [1.165, 1.54) is 0 Å². The first-order valence-electron chi connectivity index (χ1n) is 5.55. The number of fused-ring (bicyclic) bond motifs is 1. The molecule has 0 saturated heterocycles. The van der Waals surface area contributed by atoms with Crippen LogP contribution >= 0.6 is 0 Å². The molecule has 0 saturated carbocycles. The van der Waals surface area contributed by atoms with Gasteiger partial charge in [0.05, 0.1) is 13.0 Å². The zero-order chi connectivity index (χ0) is 12.4. The van der Waals surface area contributed by atoms with Crippen molar-refractivity contribution in [3.8, 4) is 5.88 Å². The van der Waals surface area contributed by atoms with Crippen LogP contribution in [-0.4, -0.2) is 23.2 Å². The number of aliphatic carboxylic acids is 1. The van der Waals surface area contributed by atoms with Crippen molar-refractivity contribution in [2.45, 2.75) is 13.3 Å². The predicted octanol–water partition coefficient (Wildman–Crippen LogP) is 2.00. The highest BCUT2D eigenvalue weighted by Gasteiger charge is 2.24. The molecule has 0 aromatic carbocycles. The number of carbonyl (C=O) groups is 1. The number of aromatic nitrogens is 1. The molecule has 17 heavy (non-hydrogen) atoms. The molecule has 90 valence electrons. The molecule has 2 atom stereocenters. The summed E-state index contributed by atoms with van der Waals surface area (Å²) >= 11 is 0. The van der Waals surface area contributed by atoms with Gasteiger partial charge in [0.25, 0.3) is 0 Å². The fourth-order valence-corrected chi connectivity index (χ4v) is 1.99. The summed E-state index contributed by atoms with van der Waals surface area (Å²) in [6.45, 7) is 1.74. The number of rotatable bonds is 3. The molecular weight excluding hydrogens is 218 g/mol. The molecule has 1 aliphatic rings. The lowest BCUT2D eigenvalue weighted by Crippen LogP contribution is -2.22. The van der Waals surface area contributed by atoms with Crippen molar-refractivity contribution in [1.29, 1.82) is 0 Å². The van der Waals surface area contributed by atoms with Crippen molar-refractivity contribution >= 4 is 12.0 Å². The lowest BCUT2D eigenvalue weighted by molar-refractivity contribution is -0.142. The topological polar surface area (TPSA) is 59.4 Å². The Morgan fingerprint density at radius 2 is 2.41 bits per heavy atom. The number of hydrogen-bond acceptors (Lipinski definition) is 3. The normalized spacial score (nSPS) is 19.5. The van der Waals surface area contributed by atoms with Gasteiger partial charge < -0.3 is 9.84 Å². The summed E-state index contributed by atoms with van der Waals surface area (Å²) in [5.74, 6) is -0.514. The van der Waals surface area contributed by atoms with E-state index in [-0.39, 0.29) is 11.8 Å². The molecule has 0 amide bonds. The van der Waals surface area contributed by atoms with Gasteiger partial charge in [-0.05, 0) is 23.5 Å². The maximum Gasteiger partial charge on any atom is 0.306 e. The largest absolute Gasteiger partial charge is 0.481 e. The quantitative estimate of drug-likeness (QED) is 0.867. The average Bonchev–Trinajstić information content (AvgIpc) is 2.36. The molecule has 2 unspecified atom stereocenters. The predicted molar refractivity (Wildman–Crippen MR) is 63.8 cm³/mol. The summed E-state index contributed by atoms with van der Waals surface area (Å²) in [6.07, 6.45) is 6.39. The van der Waals surface area contributed by atoms with Crippen LogP contribution in [0.1, 0.15) is 18.1 Å². The molecule has 0 radical (unpaired) electrons. The smallest absolute Gasteiger partial charge is 0.306 e. The summed E-state index contributed by atoms with van der Waals surface area (Å²) in [4.78, 5) is 15.1. The van der Waals surface area contributed by atoms with Crippen LogP contribution < -0.4 is 4.74 Å². The minimum Gasteiger partial charge on any atom is -0.481 e. The van der Waals surface area contributed by atoms with Crippen molar-refractivity contribution in [2.24, 2.45) is 11.8 Å². The van der Waals surface area contributed by atoms with Crippen LogP contribution in [0.3, 0.4) is 0 Å². The molecule has 0 aliphatic heterocycles. The van der Waals surface area contributed by atoms with Gasteiger partial charge in [-0.15, -0.1) is 0 Å². The number of allylic oxidation sites excluding steroid dienone is 1. The first-order chi connectivity index (χ1) is 8.11. The Morgan fingerprint density at radius 1 is 1.65 bits per heavy atom. The number of hydrogen-bond donors (Lipinski definition) is 1. The Hall–Kier alpha value is -1.84. The van der Waals surface area contributed by atoms with Crippen molar-refractivity contribution in [3.05, 3.63) is 29.5 Å². The number of methoxy groups -OCH3 is 1. The maximum absolute atomic E-state index is 10.9. The maximum atomic E-state index is 10.9. The highest BCUT2D eigenvalue weighted by molar-refractivity contribution is 5.71. The van der Waals surface area contributed by atoms with Gasteiger partial charge in [-0.1, -0.05) is 19.1 Å². The molecule has 2 rings (SSSR count). The van der Waals surface area contributed by atoms with Gasteiger partial charge >= 0.3 is 5.97 Å². The molecule has 0 bridgehead atoms. The summed E-state index contributed by atoms with van der Waals surface area (Å²) in [6, 6.07) is 1.87. The van der Waals surface area contributed by atoms with Crippen molar-refractivity contribution in [3.63, 3.8) is 0 Å². The molecule has 0 fully saturated rings. The van der Waals surface area contributed by atoms with Crippen LogP contribution in [-0.2, 0) is 11.2 Å². The number of carboxylic acid groups (broad SMARTS) is 1. The van der Waals surface area contributed by atoms with Gasteiger partial charge in [0.1, 0.15) is 0 Å². The first kappa shape index (κ1) is 11.6. The second-order valence-electron chi connectivity index (χ2n) is 4.28. The monoisotopic (exact) mass is 233 g/mol. The molecule has 1 heterocycles. The van der Waals surface area contributed by atoms with E-state index in [2.05, 4.69) is 4.98 Å². The number of nitrogens with zero attached hydrogens (tertiary/aromatic N) is 1. The van der Waals surface area contributed by atoms with Gasteiger partial charge in [-0.3, -0.25) is 4.79 Å². The van der Waals surface area contributed by atoms with Crippen LogP contribution in [0.5, 0.6) is 5.88 Å². The Kier molecular flexibility index (Phi) is 3.13. The van der Waals surface area contributed by atoms with Crippen LogP contribution in [0, 0.1) is 11.8 Å². The van der Waals surface area contributed by atoms with Crippen LogP contribution in [0.4, 0.5) is 0 Å². The SMILES string of the molecule is COc1cc2c(cn1)CC(C(C)C(=O)O)C=C2. The Bertz CT molecular complexity index is 468. The minimum absolute atomic E-state index is 0.0372. The van der Waals surface area contributed by atoms with Gasteiger partial charge in [0.2, 0.25) is 5.88 Å². The van der Waals surface area contributed by atoms with Gasteiger partial charge in [0, 0.05) is 12.3 Å². The first-order valence-corrected chi connectivity index (χ1v) is 5.55. The van der Waals surface area contributed by atoms with Crippen molar-refractivity contribution < 1.29 is 14.6 Å². The molecular formula is C13H15NO3. The third-order valence-electron chi connectivity index (χ3n) is 3.22. The van der Waals surface area contributed by atoms with E-state index in [0.717, 1.165) is 17.5 Å². The molecule has 4 nitrogen and oxygen atoms in total. The Labute approximate surface area is 99.9 Å². The number of pyridine rings is 1. The number of carboxylic acids is 1. The number of ether oxygens (including phenoxy) is 1. The van der Waals surface area contributed by atoms with E-state index in [1.54, 1.807) is 20.2 Å². The van der Waals surface area contributed by atoms with E-state index in [0.29, 0.717) is 5.88 Å². The summed E-state index contributed by atoms with van der Waals surface area (Å²) in [7, 11) is 1.58. The lowest BCUT2D eigenvalue weighted by atomic mass is 9.83. The van der Waals surface area contributed by atoms with E-state index in [9.17, 15) is 4.79 Å². The van der Waals surface area contributed by atoms with Gasteiger partial charge in [0.15, 0.2) is 0 Å². The molecule has 1 N–H and O–H groups in total. The lowest BCUT2D eigenvalue weighted by Gasteiger charge is -2.22. The van der Waals surface area contributed by atoms with Gasteiger partial charge in [-0.2, -0.15) is 0 Å². The minimum atomic E-state index is -0.760. The molecule has 1 aliphatic carbocycles. The second kappa shape index (κ2) is 4.57. The summed E-state index contributed by atoms with van der Waals surface area (Å²) in [5.41, 5.74) is 2.14. The third-order valence-corrected chi connectivity index (χ3v) is 3.22. The van der Waals surface area contributed by atoms with Crippen LogP contribution in [0.2, 0.25) is 0 Å². The molecule has 4 heteroatoms. The van der Waals surface area contributed by atoms with Gasteiger partial charge in [-0.25, -0.2) is 4.98 Å². The third kappa shape index (κ3) is 2.30. The van der Waals surface area contributed by atoms with E-state index < -0.39 is 5.97 Å². The van der Waals surface area contributed by atoms with Crippen molar-refractivity contribution in [1.82, 2.24) is 4.98 Å². The Balaban J connectivity index is 2.23. The highest BCUT2D eigenvalue weighted by Crippen LogP contribution is 2.28. The molecule has 1 aromatic rings. The summed E-state index contributed by atoms with van der Waals surface area (Å²) < 4.78 is 5.05. The molecule has 1 aromatic heterocycles. The highest BCUT2D eigenvalue weighted by atomic mass is 16.5. The van der Waals surface area contributed by atoms with E-state index in [1.807, 2.05) is 18.2 Å². The standard InChI is InChI=1S/C13H15NO3/c1-8(13(15)16)9-3-4-10-6-12(17-2)14-7-11(10)5-9/h3-4,6-9H,5H2,1-2H3,(H,15,16). The summed E-state index contributed by atoms with van der Waals surface area (Å²) in [5, 5.41) is 8.99. The van der Waals surface area contributed by atoms with E-state index in [4.69, 9.17) is 9.84 Å². The fourth-order valence-electron chi connectivity index (χ4n) is 1.99. The zero-order valence-electron chi connectivity index (χ0n) is 9.88.